The first-order chi connectivity index (χ1) is 8.29. The Kier molecular flexibility index (Phi) is 4.12. The van der Waals surface area contributed by atoms with Gasteiger partial charge in [0.15, 0.2) is 0 Å². The minimum absolute atomic E-state index is 0.0481. The van der Waals surface area contributed by atoms with Gasteiger partial charge < -0.3 is 15.4 Å². The van der Waals surface area contributed by atoms with Crippen molar-refractivity contribution >= 4 is 5.91 Å². The van der Waals surface area contributed by atoms with E-state index in [4.69, 9.17) is 4.74 Å². The van der Waals surface area contributed by atoms with Crippen LogP contribution in [0.3, 0.4) is 0 Å². The summed E-state index contributed by atoms with van der Waals surface area (Å²) >= 11 is 0. The van der Waals surface area contributed by atoms with Gasteiger partial charge in [0.1, 0.15) is 0 Å². The Morgan fingerprint density at radius 1 is 1.41 bits per heavy atom. The maximum absolute atomic E-state index is 11.8. The van der Waals surface area contributed by atoms with Crippen LogP contribution in [0.25, 0.3) is 0 Å². The molecule has 0 radical (unpaired) electrons. The fraction of sp³-hybridized carbons (Fsp3) is 0.462. The summed E-state index contributed by atoms with van der Waals surface area (Å²) in [5, 5.41) is 6.20. The number of nitrogens with one attached hydrogen (secondary N) is 2. The van der Waals surface area contributed by atoms with Crippen LogP contribution in [0.1, 0.15) is 5.56 Å². The van der Waals surface area contributed by atoms with Crippen molar-refractivity contribution in [2.24, 2.45) is 0 Å². The Bertz CT molecular complexity index is 367. The lowest BCUT2D eigenvalue weighted by Gasteiger charge is -2.18. The zero-order valence-corrected chi connectivity index (χ0v) is 9.98. The minimum atomic E-state index is 0.0481. The summed E-state index contributed by atoms with van der Waals surface area (Å²) in [6, 6.07) is 9.83. The lowest BCUT2D eigenvalue weighted by Crippen LogP contribution is -2.44. The molecule has 0 saturated carbocycles. The highest BCUT2D eigenvalue weighted by Gasteiger charge is 2.27. The molecule has 92 valence electrons. The molecule has 1 aliphatic rings. The normalized spacial score (nSPS) is 23.6. The molecule has 2 N–H and O–H groups in total. The molecule has 2 atom stereocenters. The molecule has 2 rings (SSSR count). The second-order valence-electron chi connectivity index (χ2n) is 4.27. The highest BCUT2D eigenvalue weighted by Crippen LogP contribution is 2.05. The van der Waals surface area contributed by atoms with Crippen LogP contribution < -0.4 is 10.6 Å². The third-order valence-electron chi connectivity index (χ3n) is 3.02. The van der Waals surface area contributed by atoms with Crippen molar-refractivity contribution in [1.82, 2.24) is 10.6 Å². The van der Waals surface area contributed by atoms with Gasteiger partial charge in [-0.3, -0.25) is 4.79 Å². The molecule has 0 aliphatic carbocycles. The molecule has 4 heteroatoms. The van der Waals surface area contributed by atoms with Gasteiger partial charge in [-0.1, -0.05) is 30.3 Å². The first-order valence-electron chi connectivity index (χ1n) is 5.86. The van der Waals surface area contributed by atoms with Crippen LogP contribution >= 0.6 is 0 Å². The molecule has 1 heterocycles. The molecule has 17 heavy (non-hydrogen) atoms. The largest absolute Gasteiger partial charge is 0.378 e. The summed E-state index contributed by atoms with van der Waals surface area (Å²) in [6.45, 7) is 1.58. The molecule has 0 spiro atoms. The lowest BCUT2D eigenvalue weighted by molar-refractivity contribution is -0.121. The minimum Gasteiger partial charge on any atom is -0.378 e. The molecular weight excluding hydrogens is 216 g/mol. The molecular formula is C13H18N2O2. The van der Waals surface area contributed by atoms with E-state index in [0.29, 0.717) is 6.42 Å². The van der Waals surface area contributed by atoms with Crippen molar-refractivity contribution in [3.05, 3.63) is 35.9 Å². The number of carbonyl (C=O) groups excluding carboxylic acids is 1. The van der Waals surface area contributed by atoms with E-state index in [1.807, 2.05) is 30.3 Å². The quantitative estimate of drug-likeness (QED) is 0.789. The average Bonchev–Trinajstić information content (AvgIpc) is 2.77. The monoisotopic (exact) mass is 234 g/mol. The number of ether oxygens (including phenoxy) is 1. The van der Waals surface area contributed by atoms with Crippen molar-refractivity contribution in [3.8, 4) is 0 Å². The fourth-order valence-electron chi connectivity index (χ4n) is 2.09. The summed E-state index contributed by atoms with van der Waals surface area (Å²) in [5.41, 5.74) is 1.03. The van der Waals surface area contributed by atoms with Crippen LogP contribution in [0.2, 0.25) is 0 Å². The summed E-state index contributed by atoms with van der Waals surface area (Å²) in [5.74, 6) is 0.0481. The number of hydrogen-bond acceptors (Lipinski definition) is 3. The van der Waals surface area contributed by atoms with E-state index >= 15 is 0 Å². The fourth-order valence-corrected chi connectivity index (χ4v) is 2.09. The van der Waals surface area contributed by atoms with Gasteiger partial charge in [0.2, 0.25) is 5.91 Å². The summed E-state index contributed by atoms with van der Waals surface area (Å²) < 4.78 is 5.30. The van der Waals surface area contributed by atoms with Crippen LogP contribution in [0.4, 0.5) is 0 Å². The Morgan fingerprint density at radius 2 is 2.18 bits per heavy atom. The molecule has 0 aromatic heterocycles. The zero-order valence-electron chi connectivity index (χ0n) is 9.98. The van der Waals surface area contributed by atoms with E-state index in [1.165, 1.54) is 0 Å². The summed E-state index contributed by atoms with van der Waals surface area (Å²) in [7, 11) is 1.67. The van der Waals surface area contributed by atoms with E-state index in [2.05, 4.69) is 10.6 Å². The van der Waals surface area contributed by atoms with Gasteiger partial charge in [-0.05, 0) is 5.56 Å². The predicted octanol–water partition coefficient (Wildman–Crippen LogP) is 0.332. The number of hydrogen-bond donors (Lipinski definition) is 2. The maximum Gasteiger partial charge on any atom is 0.224 e. The Labute approximate surface area is 101 Å². The number of benzene rings is 1. The summed E-state index contributed by atoms with van der Waals surface area (Å²) in [4.78, 5) is 11.8. The lowest BCUT2D eigenvalue weighted by atomic mass is 10.1. The number of methoxy groups -OCH3 is 1. The molecule has 1 unspecified atom stereocenters. The second-order valence-corrected chi connectivity index (χ2v) is 4.27. The van der Waals surface area contributed by atoms with Crippen LogP contribution in [0, 0.1) is 0 Å². The van der Waals surface area contributed by atoms with E-state index in [9.17, 15) is 4.79 Å². The number of rotatable bonds is 4. The van der Waals surface area contributed by atoms with Crippen LogP contribution in [-0.4, -0.2) is 38.3 Å². The third kappa shape index (κ3) is 3.28. The Balaban J connectivity index is 1.85. The Hall–Kier alpha value is -1.39. The molecule has 1 aromatic rings. The van der Waals surface area contributed by atoms with Gasteiger partial charge in [-0.15, -0.1) is 0 Å². The molecule has 1 fully saturated rings. The maximum atomic E-state index is 11.8. The van der Waals surface area contributed by atoms with E-state index in [-0.39, 0.29) is 18.1 Å². The second kappa shape index (κ2) is 5.80. The van der Waals surface area contributed by atoms with E-state index in [0.717, 1.165) is 18.7 Å². The molecule has 4 nitrogen and oxygen atoms in total. The molecule has 0 bridgehead atoms. The van der Waals surface area contributed by atoms with Crippen LogP contribution in [0.5, 0.6) is 0 Å². The van der Waals surface area contributed by atoms with Crippen molar-refractivity contribution in [2.45, 2.75) is 18.6 Å². The highest BCUT2D eigenvalue weighted by atomic mass is 16.5. The number of carbonyl (C=O) groups is 1. The number of amides is 1. The molecule has 1 aliphatic heterocycles. The first kappa shape index (κ1) is 12.1. The summed E-state index contributed by atoms with van der Waals surface area (Å²) in [6.07, 6.45) is 0.503. The van der Waals surface area contributed by atoms with Gasteiger partial charge in [0, 0.05) is 20.2 Å². The molecule has 1 saturated heterocycles. The van der Waals surface area contributed by atoms with Crippen molar-refractivity contribution in [1.29, 1.82) is 0 Å². The van der Waals surface area contributed by atoms with Gasteiger partial charge in [0.25, 0.3) is 0 Å². The van der Waals surface area contributed by atoms with Gasteiger partial charge in [-0.2, -0.15) is 0 Å². The topological polar surface area (TPSA) is 50.4 Å². The Morgan fingerprint density at radius 3 is 2.88 bits per heavy atom. The third-order valence-corrected chi connectivity index (χ3v) is 3.02. The van der Waals surface area contributed by atoms with Crippen LogP contribution in [0.15, 0.2) is 30.3 Å². The average molecular weight is 234 g/mol. The SMILES string of the molecule is CO[C@@H]1CNCC1NC(=O)Cc1ccccc1. The van der Waals surface area contributed by atoms with E-state index in [1.54, 1.807) is 7.11 Å². The van der Waals surface area contributed by atoms with Gasteiger partial charge >= 0.3 is 0 Å². The van der Waals surface area contributed by atoms with Crippen molar-refractivity contribution in [3.63, 3.8) is 0 Å². The van der Waals surface area contributed by atoms with Crippen LogP contribution in [-0.2, 0) is 16.0 Å². The smallest absolute Gasteiger partial charge is 0.224 e. The van der Waals surface area contributed by atoms with E-state index < -0.39 is 0 Å². The van der Waals surface area contributed by atoms with Gasteiger partial charge in [0.05, 0.1) is 18.6 Å². The predicted molar refractivity (Wildman–Crippen MR) is 65.7 cm³/mol. The highest BCUT2D eigenvalue weighted by molar-refractivity contribution is 5.79. The molecule has 1 amide bonds. The van der Waals surface area contributed by atoms with Gasteiger partial charge in [-0.25, -0.2) is 0 Å². The van der Waals surface area contributed by atoms with Crippen molar-refractivity contribution in [2.75, 3.05) is 20.2 Å². The zero-order chi connectivity index (χ0) is 12.1. The van der Waals surface area contributed by atoms with Crippen molar-refractivity contribution < 1.29 is 9.53 Å². The standard InChI is InChI=1S/C13H18N2O2/c1-17-12-9-14-8-11(12)15-13(16)7-10-5-3-2-4-6-10/h2-6,11-12,14H,7-9H2,1H3,(H,15,16)/t11?,12-/m1/s1. The molecule has 1 aromatic carbocycles. The first-order valence-corrected chi connectivity index (χ1v) is 5.86.